The van der Waals surface area contributed by atoms with Gasteiger partial charge in [0.05, 0.1) is 0 Å². The third-order valence-corrected chi connectivity index (χ3v) is 4.99. The number of amides is 1. The van der Waals surface area contributed by atoms with Crippen LogP contribution in [0, 0.1) is 0 Å². The van der Waals surface area contributed by atoms with Gasteiger partial charge in [0.25, 0.3) is 5.24 Å². The minimum Gasteiger partial charge on any atom is -0.459 e. The zero-order valence-corrected chi connectivity index (χ0v) is 15.9. The zero-order valence-electron chi connectivity index (χ0n) is 15.2. The maximum absolute atomic E-state index is 12.8. The van der Waals surface area contributed by atoms with E-state index in [0.717, 1.165) is 16.0 Å². The molecule has 2 aromatic rings. The van der Waals surface area contributed by atoms with E-state index in [1.54, 1.807) is 12.1 Å². The zero-order chi connectivity index (χ0) is 20.0. The van der Waals surface area contributed by atoms with Gasteiger partial charge in [-0.15, -0.1) is 0 Å². The molecule has 0 unspecified atom stereocenters. The van der Waals surface area contributed by atoms with Crippen LogP contribution in [-0.2, 0) is 32.3 Å². The summed E-state index contributed by atoms with van der Waals surface area (Å²) in [6.45, 7) is 0.201. The molecular formula is C21H20ClNO5. The van der Waals surface area contributed by atoms with Crippen molar-refractivity contribution in [3.8, 4) is 0 Å². The van der Waals surface area contributed by atoms with E-state index in [4.69, 9.17) is 21.1 Å². The monoisotopic (exact) mass is 401 g/mol. The van der Waals surface area contributed by atoms with Gasteiger partial charge in [-0.1, -0.05) is 60.7 Å². The standard InChI is InChI=1S/C21H20ClNO5/c22-18(24)21(19(25)27-14-16-8-3-1-4-9-16)12-7-13-23(21)20(26)28-15-17-10-5-2-6-11-17/h1-6,8-11H,7,12-15H2/t21-/m1/s1. The number of hydrogen-bond donors (Lipinski definition) is 0. The lowest BCUT2D eigenvalue weighted by atomic mass is 9.98. The number of benzene rings is 2. The van der Waals surface area contributed by atoms with Crippen molar-refractivity contribution in [2.24, 2.45) is 0 Å². The Morgan fingerprint density at radius 1 is 0.893 bits per heavy atom. The van der Waals surface area contributed by atoms with Gasteiger partial charge in [0, 0.05) is 6.54 Å². The molecule has 1 fully saturated rings. The summed E-state index contributed by atoms with van der Waals surface area (Å²) in [6, 6.07) is 18.2. The fourth-order valence-corrected chi connectivity index (χ4v) is 3.48. The topological polar surface area (TPSA) is 72.9 Å². The number of carbonyl (C=O) groups is 3. The second kappa shape index (κ2) is 8.89. The van der Waals surface area contributed by atoms with Gasteiger partial charge in [0.1, 0.15) is 13.2 Å². The van der Waals surface area contributed by atoms with Crippen molar-refractivity contribution < 1.29 is 23.9 Å². The summed E-state index contributed by atoms with van der Waals surface area (Å²) in [6.07, 6.45) is -0.227. The van der Waals surface area contributed by atoms with Crippen molar-refractivity contribution in [2.45, 2.75) is 31.6 Å². The molecule has 7 heteroatoms. The number of likely N-dealkylation sites (tertiary alicyclic amines) is 1. The number of nitrogens with zero attached hydrogens (tertiary/aromatic N) is 1. The lowest BCUT2D eigenvalue weighted by Gasteiger charge is -2.32. The first-order valence-corrected chi connectivity index (χ1v) is 9.31. The van der Waals surface area contributed by atoms with Gasteiger partial charge in [-0.05, 0) is 35.6 Å². The molecule has 2 aromatic carbocycles. The van der Waals surface area contributed by atoms with E-state index in [9.17, 15) is 14.4 Å². The van der Waals surface area contributed by atoms with Crippen LogP contribution in [-0.4, -0.2) is 34.3 Å². The molecule has 146 valence electrons. The largest absolute Gasteiger partial charge is 0.459 e. The van der Waals surface area contributed by atoms with E-state index in [0.29, 0.717) is 6.42 Å². The Balaban J connectivity index is 1.71. The normalized spacial score (nSPS) is 18.5. The number of hydrogen-bond acceptors (Lipinski definition) is 5. The highest BCUT2D eigenvalue weighted by molar-refractivity contribution is 6.67. The van der Waals surface area contributed by atoms with Crippen LogP contribution in [0.5, 0.6) is 0 Å². The summed E-state index contributed by atoms with van der Waals surface area (Å²) in [5.74, 6) is -0.842. The van der Waals surface area contributed by atoms with Crippen molar-refractivity contribution in [3.63, 3.8) is 0 Å². The highest BCUT2D eigenvalue weighted by Gasteiger charge is 2.57. The predicted molar refractivity (Wildman–Crippen MR) is 102 cm³/mol. The molecule has 0 aliphatic carbocycles. The fraction of sp³-hybridized carbons (Fsp3) is 0.286. The van der Waals surface area contributed by atoms with Crippen LogP contribution in [0.25, 0.3) is 0 Å². The molecule has 28 heavy (non-hydrogen) atoms. The van der Waals surface area contributed by atoms with Crippen molar-refractivity contribution in [2.75, 3.05) is 6.54 Å². The van der Waals surface area contributed by atoms with E-state index >= 15 is 0 Å². The van der Waals surface area contributed by atoms with Crippen molar-refractivity contribution >= 4 is 28.9 Å². The molecule has 0 spiro atoms. The minimum absolute atomic E-state index is 0.0154. The molecule has 1 saturated heterocycles. The van der Waals surface area contributed by atoms with E-state index in [1.165, 1.54) is 0 Å². The lowest BCUT2D eigenvalue weighted by Crippen LogP contribution is -2.57. The van der Waals surface area contributed by atoms with Crippen LogP contribution in [0.4, 0.5) is 4.79 Å². The second-order valence-electron chi connectivity index (χ2n) is 6.49. The Kier molecular flexibility index (Phi) is 6.31. The summed E-state index contributed by atoms with van der Waals surface area (Å²) in [5, 5.41) is -0.945. The summed E-state index contributed by atoms with van der Waals surface area (Å²) in [5.41, 5.74) is -0.293. The quantitative estimate of drug-likeness (QED) is 0.419. The van der Waals surface area contributed by atoms with Crippen LogP contribution >= 0.6 is 11.6 Å². The number of halogens is 1. The highest BCUT2D eigenvalue weighted by Crippen LogP contribution is 2.34. The first-order valence-electron chi connectivity index (χ1n) is 8.93. The number of carbonyl (C=O) groups excluding carboxylic acids is 3. The predicted octanol–water partition coefficient (Wildman–Crippen LogP) is 3.67. The van der Waals surface area contributed by atoms with Crippen molar-refractivity contribution in [3.05, 3.63) is 71.8 Å². The average Bonchev–Trinajstić information content (AvgIpc) is 3.18. The fourth-order valence-electron chi connectivity index (χ4n) is 3.20. The van der Waals surface area contributed by atoms with E-state index < -0.39 is 22.8 Å². The molecule has 3 rings (SSSR count). The Hall–Kier alpha value is -2.86. The molecule has 0 N–H and O–H groups in total. The van der Waals surface area contributed by atoms with E-state index in [2.05, 4.69) is 0 Å². The molecule has 0 saturated carbocycles. The van der Waals surface area contributed by atoms with Gasteiger partial charge >= 0.3 is 12.1 Å². The molecule has 0 bridgehead atoms. The van der Waals surface area contributed by atoms with Gasteiger partial charge in [-0.3, -0.25) is 9.69 Å². The molecule has 1 aliphatic heterocycles. The molecular weight excluding hydrogens is 382 g/mol. The molecule has 1 amide bonds. The number of esters is 1. The van der Waals surface area contributed by atoms with Crippen molar-refractivity contribution in [1.82, 2.24) is 4.90 Å². The summed E-state index contributed by atoms with van der Waals surface area (Å²) >= 11 is 5.78. The van der Waals surface area contributed by atoms with Crippen LogP contribution in [0.2, 0.25) is 0 Å². The molecule has 1 aliphatic rings. The van der Waals surface area contributed by atoms with E-state index in [1.807, 2.05) is 48.5 Å². The number of rotatable bonds is 6. The maximum atomic E-state index is 12.8. The molecule has 0 radical (unpaired) electrons. The smallest absolute Gasteiger partial charge is 0.411 e. The molecule has 6 nitrogen and oxygen atoms in total. The summed E-state index contributed by atoms with van der Waals surface area (Å²) in [4.78, 5) is 38.7. The first-order chi connectivity index (χ1) is 13.5. The van der Waals surface area contributed by atoms with Crippen LogP contribution in [0.3, 0.4) is 0 Å². The second-order valence-corrected chi connectivity index (χ2v) is 6.83. The van der Waals surface area contributed by atoms with Gasteiger partial charge in [0.15, 0.2) is 0 Å². The van der Waals surface area contributed by atoms with Crippen LogP contribution in [0.15, 0.2) is 60.7 Å². The Morgan fingerprint density at radius 2 is 1.43 bits per heavy atom. The molecule has 1 atom stereocenters. The Morgan fingerprint density at radius 3 is 1.96 bits per heavy atom. The lowest BCUT2D eigenvalue weighted by molar-refractivity contribution is -0.159. The SMILES string of the molecule is O=C(OCc1ccccc1)N1CCC[C@@]1(C(=O)Cl)C(=O)OCc1ccccc1. The average molecular weight is 402 g/mol. The molecule has 1 heterocycles. The van der Waals surface area contributed by atoms with Gasteiger partial charge in [0.2, 0.25) is 5.54 Å². The van der Waals surface area contributed by atoms with Gasteiger partial charge in [-0.2, -0.15) is 0 Å². The highest BCUT2D eigenvalue weighted by atomic mass is 35.5. The van der Waals surface area contributed by atoms with Gasteiger partial charge < -0.3 is 9.47 Å². The summed E-state index contributed by atoms with van der Waals surface area (Å²) < 4.78 is 10.6. The third-order valence-electron chi connectivity index (χ3n) is 4.68. The number of ether oxygens (including phenoxy) is 2. The summed E-state index contributed by atoms with van der Waals surface area (Å²) in [7, 11) is 0. The van der Waals surface area contributed by atoms with E-state index in [-0.39, 0.29) is 26.2 Å². The minimum atomic E-state index is -1.86. The van der Waals surface area contributed by atoms with Crippen LogP contribution in [0.1, 0.15) is 24.0 Å². The van der Waals surface area contributed by atoms with Crippen LogP contribution < -0.4 is 0 Å². The molecule has 0 aromatic heterocycles. The Labute approximate surface area is 168 Å². The maximum Gasteiger partial charge on any atom is 0.411 e. The Bertz CT molecular complexity index is 842. The van der Waals surface area contributed by atoms with Gasteiger partial charge in [-0.25, -0.2) is 9.59 Å². The third kappa shape index (κ3) is 4.17. The first kappa shape index (κ1) is 19.9. The van der Waals surface area contributed by atoms with Crippen molar-refractivity contribution in [1.29, 1.82) is 0 Å².